The number of carbonyl (C=O) groups excluding carboxylic acids is 3. The fourth-order valence-electron chi connectivity index (χ4n) is 4.25. The molecule has 0 unspecified atom stereocenters. The first-order valence-corrected chi connectivity index (χ1v) is 8.72. The molecule has 1 N–H and O–H groups in total. The number of nitrogens with one attached hydrogen (secondary N) is 1. The maximum absolute atomic E-state index is 13.1. The van der Waals surface area contributed by atoms with Crippen molar-refractivity contribution >= 4 is 23.4 Å². The monoisotopic (exact) mass is 364 g/mol. The topological polar surface area (TPSA) is 88.9 Å². The molecule has 27 heavy (non-hydrogen) atoms. The number of benzene rings is 1. The van der Waals surface area contributed by atoms with Crippen LogP contribution in [-0.2, 0) is 14.3 Å². The molecule has 0 radical (unpaired) electrons. The minimum absolute atomic E-state index is 0.0857. The number of para-hydroxylation sites is 1. The van der Waals surface area contributed by atoms with Crippen molar-refractivity contribution in [3.05, 3.63) is 66.6 Å². The highest BCUT2D eigenvalue weighted by Crippen LogP contribution is 2.52. The van der Waals surface area contributed by atoms with Crippen molar-refractivity contribution in [3.8, 4) is 0 Å². The van der Waals surface area contributed by atoms with Crippen molar-refractivity contribution in [2.45, 2.75) is 11.7 Å². The number of hydrogen-bond acceptors (Lipinski definition) is 5. The molecule has 7 heteroatoms. The molecule has 2 aromatic rings. The molecule has 4 atom stereocenters. The van der Waals surface area contributed by atoms with Gasteiger partial charge in [0.1, 0.15) is 5.60 Å². The zero-order valence-electron chi connectivity index (χ0n) is 14.2. The molecule has 3 amide bonds. The maximum Gasteiger partial charge on any atom is 0.287 e. The van der Waals surface area contributed by atoms with Gasteiger partial charge in [-0.1, -0.05) is 30.4 Å². The van der Waals surface area contributed by atoms with E-state index in [2.05, 4.69) is 5.32 Å². The van der Waals surface area contributed by atoms with Gasteiger partial charge in [-0.3, -0.25) is 14.4 Å². The SMILES string of the molecule is O=C(NC[C@]12C=C[C@@H](O1)[C@@H]1C(=O)N(c3ccccc3)C(=O)[C@@H]12)c1ccco1. The Kier molecular flexibility index (Phi) is 3.35. The van der Waals surface area contributed by atoms with Crippen LogP contribution in [0.3, 0.4) is 0 Å². The van der Waals surface area contributed by atoms with Crippen molar-refractivity contribution in [1.29, 1.82) is 0 Å². The second-order valence-corrected chi connectivity index (χ2v) is 6.91. The van der Waals surface area contributed by atoms with E-state index in [1.165, 1.54) is 11.2 Å². The summed E-state index contributed by atoms with van der Waals surface area (Å²) < 4.78 is 11.1. The Balaban J connectivity index is 1.42. The normalized spacial score (nSPS) is 30.8. The molecule has 0 spiro atoms. The summed E-state index contributed by atoms with van der Waals surface area (Å²) in [6, 6.07) is 12.0. The van der Waals surface area contributed by atoms with Crippen molar-refractivity contribution in [1.82, 2.24) is 5.32 Å². The van der Waals surface area contributed by atoms with Gasteiger partial charge in [-0.2, -0.15) is 0 Å². The van der Waals surface area contributed by atoms with Crippen LogP contribution in [0.25, 0.3) is 0 Å². The molecule has 1 aromatic carbocycles. The average Bonchev–Trinajstić information content (AvgIpc) is 3.44. The van der Waals surface area contributed by atoms with E-state index in [1.807, 2.05) is 6.07 Å². The Hall–Kier alpha value is -3.19. The fourth-order valence-corrected chi connectivity index (χ4v) is 4.25. The van der Waals surface area contributed by atoms with Crippen LogP contribution in [0.15, 0.2) is 65.3 Å². The van der Waals surface area contributed by atoms with Crippen LogP contribution in [0.1, 0.15) is 10.6 Å². The molecule has 2 fully saturated rings. The summed E-state index contributed by atoms with van der Waals surface area (Å²) in [6.45, 7) is 0.0857. The van der Waals surface area contributed by atoms with Crippen LogP contribution in [0.5, 0.6) is 0 Å². The van der Waals surface area contributed by atoms with Gasteiger partial charge in [-0.25, -0.2) is 4.90 Å². The van der Waals surface area contributed by atoms with E-state index in [-0.39, 0.29) is 24.1 Å². The van der Waals surface area contributed by atoms with E-state index in [0.717, 1.165) is 0 Å². The summed E-state index contributed by atoms with van der Waals surface area (Å²) >= 11 is 0. The summed E-state index contributed by atoms with van der Waals surface area (Å²) in [6.07, 6.45) is 4.55. The third-order valence-electron chi connectivity index (χ3n) is 5.44. The van der Waals surface area contributed by atoms with E-state index in [0.29, 0.717) is 5.69 Å². The molecule has 0 aliphatic carbocycles. The highest BCUT2D eigenvalue weighted by Gasteiger charge is 2.67. The van der Waals surface area contributed by atoms with Gasteiger partial charge in [-0.05, 0) is 24.3 Å². The van der Waals surface area contributed by atoms with Gasteiger partial charge in [0.25, 0.3) is 5.91 Å². The summed E-state index contributed by atoms with van der Waals surface area (Å²) in [5.74, 6) is -1.99. The minimum atomic E-state index is -1.02. The van der Waals surface area contributed by atoms with E-state index < -0.39 is 29.4 Å². The van der Waals surface area contributed by atoms with Crippen LogP contribution in [0.2, 0.25) is 0 Å². The predicted octanol–water partition coefficient (Wildman–Crippen LogP) is 1.52. The van der Waals surface area contributed by atoms with Crippen LogP contribution < -0.4 is 10.2 Å². The molecule has 4 heterocycles. The lowest BCUT2D eigenvalue weighted by molar-refractivity contribution is -0.126. The van der Waals surface area contributed by atoms with Gasteiger partial charge in [0, 0.05) is 0 Å². The van der Waals surface area contributed by atoms with Crippen molar-refractivity contribution < 1.29 is 23.5 Å². The molecule has 136 valence electrons. The smallest absolute Gasteiger partial charge is 0.287 e. The number of ether oxygens (including phenoxy) is 1. The molecule has 1 aromatic heterocycles. The van der Waals surface area contributed by atoms with Gasteiger partial charge >= 0.3 is 0 Å². The summed E-state index contributed by atoms with van der Waals surface area (Å²) in [5.41, 5.74) is -0.468. The van der Waals surface area contributed by atoms with Crippen LogP contribution >= 0.6 is 0 Å². The second kappa shape index (κ2) is 5.65. The lowest BCUT2D eigenvalue weighted by atomic mass is 9.77. The second-order valence-electron chi connectivity index (χ2n) is 6.91. The fraction of sp³-hybridized carbons (Fsp3) is 0.250. The van der Waals surface area contributed by atoms with Crippen molar-refractivity contribution in [2.24, 2.45) is 11.8 Å². The molecule has 5 rings (SSSR count). The molecule has 3 aliphatic rings. The highest BCUT2D eigenvalue weighted by molar-refractivity contribution is 6.23. The first-order valence-electron chi connectivity index (χ1n) is 8.72. The molecular formula is C20H16N2O5. The Morgan fingerprint density at radius 1 is 1.11 bits per heavy atom. The van der Waals surface area contributed by atoms with Crippen molar-refractivity contribution in [2.75, 3.05) is 11.4 Å². The number of anilines is 1. The van der Waals surface area contributed by atoms with E-state index >= 15 is 0 Å². The van der Waals surface area contributed by atoms with Crippen LogP contribution in [-0.4, -0.2) is 36.0 Å². The van der Waals surface area contributed by atoms with Gasteiger partial charge in [0.2, 0.25) is 11.8 Å². The molecule has 7 nitrogen and oxygen atoms in total. The number of amides is 3. The molecule has 2 bridgehead atoms. The van der Waals surface area contributed by atoms with E-state index in [4.69, 9.17) is 9.15 Å². The quantitative estimate of drug-likeness (QED) is 0.656. The number of furan rings is 1. The van der Waals surface area contributed by atoms with Gasteiger partial charge in [-0.15, -0.1) is 0 Å². The average molecular weight is 364 g/mol. The molecule has 3 aliphatic heterocycles. The van der Waals surface area contributed by atoms with Crippen LogP contribution in [0, 0.1) is 11.8 Å². The Labute approximate surface area is 154 Å². The number of nitrogens with zero attached hydrogens (tertiary/aromatic N) is 1. The lowest BCUT2D eigenvalue weighted by Crippen LogP contribution is -2.48. The Morgan fingerprint density at radius 3 is 2.67 bits per heavy atom. The maximum atomic E-state index is 13.1. The number of imide groups is 1. The molecule has 2 saturated heterocycles. The Bertz CT molecular complexity index is 952. The van der Waals surface area contributed by atoms with E-state index in [9.17, 15) is 14.4 Å². The highest BCUT2D eigenvalue weighted by atomic mass is 16.5. The van der Waals surface area contributed by atoms with Crippen LogP contribution in [0.4, 0.5) is 5.69 Å². The number of fused-ring (bicyclic) bond motifs is 5. The summed E-state index contributed by atoms with van der Waals surface area (Å²) in [7, 11) is 0. The number of rotatable bonds is 4. The first kappa shape index (κ1) is 16.0. The number of carbonyl (C=O) groups is 3. The largest absolute Gasteiger partial charge is 0.459 e. The van der Waals surface area contributed by atoms with E-state index in [1.54, 1.807) is 48.6 Å². The van der Waals surface area contributed by atoms with Gasteiger partial charge in [0.05, 0.1) is 36.4 Å². The summed E-state index contributed by atoms with van der Waals surface area (Å²) in [4.78, 5) is 39.5. The standard InChI is InChI=1S/C20H16N2O5/c23-17(14-7-4-10-26-14)21-11-20-9-8-13(27-20)15-16(20)19(25)22(18(15)24)12-5-2-1-3-6-12/h1-10,13,15-16H,11H2,(H,21,23)/t13-,15+,16-,20+/m1/s1. The third-order valence-corrected chi connectivity index (χ3v) is 5.44. The lowest BCUT2D eigenvalue weighted by Gasteiger charge is -2.28. The number of hydrogen-bond donors (Lipinski definition) is 1. The van der Waals surface area contributed by atoms with Gasteiger partial charge in [0.15, 0.2) is 5.76 Å². The molecular weight excluding hydrogens is 348 g/mol. The molecule has 0 saturated carbocycles. The first-order chi connectivity index (χ1) is 13.1. The van der Waals surface area contributed by atoms with Gasteiger partial charge < -0.3 is 14.5 Å². The zero-order chi connectivity index (χ0) is 18.6. The summed E-state index contributed by atoms with van der Waals surface area (Å²) in [5, 5.41) is 2.76. The minimum Gasteiger partial charge on any atom is -0.459 e. The predicted molar refractivity (Wildman–Crippen MR) is 93.7 cm³/mol. The van der Waals surface area contributed by atoms with Crippen molar-refractivity contribution in [3.63, 3.8) is 0 Å². The Morgan fingerprint density at radius 2 is 1.93 bits per heavy atom. The zero-order valence-corrected chi connectivity index (χ0v) is 14.2. The third kappa shape index (κ3) is 2.21.